The zero-order chi connectivity index (χ0) is 25.1. The number of imide groups is 1. The number of thioether (sulfide) groups is 1. The zero-order valence-electron chi connectivity index (χ0n) is 18.8. The van der Waals surface area contributed by atoms with E-state index in [0.717, 1.165) is 31.9 Å². The van der Waals surface area contributed by atoms with E-state index >= 15 is 0 Å². The second-order valence-corrected chi connectivity index (χ2v) is 10.4. The van der Waals surface area contributed by atoms with E-state index in [-0.39, 0.29) is 16.5 Å². The molecule has 1 aliphatic rings. The summed E-state index contributed by atoms with van der Waals surface area (Å²) in [6.07, 6.45) is 1.64. The molecule has 1 heterocycles. The summed E-state index contributed by atoms with van der Waals surface area (Å²) in [6, 6.07) is 15.6. The normalized spacial score (nSPS) is 14.7. The maximum atomic E-state index is 13.3. The Kier molecular flexibility index (Phi) is 8.03. The van der Waals surface area contributed by atoms with E-state index in [9.17, 15) is 14.0 Å². The smallest absolute Gasteiger partial charge is 0.293 e. The monoisotopic (exact) mass is 623 g/mol. The Morgan fingerprint density at radius 3 is 2.54 bits per heavy atom. The molecule has 5 nitrogen and oxygen atoms in total. The minimum absolute atomic E-state index is 0.0340. The van der Waals surface area contributed by atoms with Crippen molar-refractivity contribution in [2.45, 2.75) is 20.1 Å². The van der Waals surface area contributed by atoms with Crippen molar-refractivity contribution in [3.63, 3.8) is 0 Å². The number of hydrogen-bond acceptors (Lipinski definition) is 5. The second kappa shape index (κ2) is 11.0. The third-order valence-corrected chi connectivity index (χ3v) is 7.33. The molecule has 0 unspecified atom stereocenters. The third-order valence-electron chi connectivity index (χ3n) is 5.27. The van der Waals surface area contributed by atoms with Crippen molar-refractivity contribution in [3.05, 3.63) is 96.2 Å². The molecule has 0 aromatic heterocycles. The van der Waals surface area contributed by atoms with Crippen LogP contribution in [0.25, 0.3) is 6.08 Å². The highest BCUT2D eigenvalue weighted by molar-refractivity contribution is 14.1. The van der Waals surface area contributed by atoms with Crippen LogP contribution in [0.15, 0.2) is 59.5 Å². The number of amides is 2. The summed E-state index contributed by atoms with van der Waals surface area (Å²) >= 11 is 9.07. The van der Waals surface area contributed by atoms with Crippen LogP contribution in [0.4, 0.5) is 9.18 Å². The maximum absolute atomic E-state index is 13.3. The average Bonchev–Trinajstić information content (AvgIpc) is 3.08. The Bertz CT molecular complexity index is 1330. The standard InChI is InChI=1S/C26H20ClFINO4S/c1-15-3-5-16(6-4-15)14-34-24-21(29)9-17(10-22(24)33-2)11-23-25(31)30(26(32)35-23)13-18-7-8-19(28)12-20(18)27/h3-12H,13-14H2,1-2H3/b23-11-. The van der Waals surface area contributed by atoms with Gasteiger partial charge in [0.1, 0.15) is 12.4 Å². The summed E-state index contributed by atoms with van der Waals surface area (Å²) in [5.41, 5.74) is 3.39. The molecule has 9 heteroatoms. The minimum atomic E-state index is -0.484. The van der Waals surface area contributed by atoms with Gasteiger partial charge in [0.15, 0.2) is 11.5 Å². The summed E-state index contributed by atoms with van der Waals surface area (Å²) < 4.78 is 25.7. The fourth-order valence-electron chi connectivity index (χ4n) is 3.41. The lowest BCUT2D eigenvalue weighted by atomic mass is 10.1. The van der Waals surface area contributed by atoms with Gasteiger partial charge in [0.25, 0.3) is 11.1 Å². The lowest BCUT2D eigenvalue weighted by Crippen LogP contribution is -2.27. The number of carbonyl (C=O) groups excluding carboxylic acids is 2. The molecule has 0 N–H and O–H groups in total. The topological polar surface area (TPSA) is 55.8 Å². The lowest BCUT2D eigenvalue weighted by Gasteiger charge is -2.14. The second-order valence-electron chi connectivity index (χ2n) is 7.81. The van der Waals surface area contributed by atoms with Gasteiger partial charge in [-0.25, -0.2) is 4.39 Å². The quantitative estimate of drug-likeness (QED) is 0.206. The molecule has 1 aliphatic heterocycles. The van der Waals surface area contributed by atoms with Crippen LogP contribution in [0.5, 0.6) is 11.5 Å². The number of ether oxygens (including phenoxy) is 2. The summed E-state index contributed by atoms with van der Waals surface area (Å²) in [4.78, 5) is 26.8. The van der Waals surface area contributed by atoms with Gasteiger partial charge in [0.2, 0.25) is 0 Å². The molecule has 4 rings (SSSR count). The largest absolute Gasteiger partial charge is 0.493 e. The van der Waals surface area contributed by atoms with E-state index in [0.29, 0.717) is 29.2 Å². The number of benzene rings is 3. The van der Waals surface area contributed by atoms with Gasteiger partial charge in [-0.1, -0.05) is 47.5 Å². The highest BCUT2D eigenvalue weighted by Crippen LogP contribution is 2.38. The Morgan fingerprint density at radius 1 is 1.11 bits per heavy atom. The van der Waals surface area contributed by atoms with E-state index in [1.165, 1.54) is 17.7 Å². The van der Waals surface area contributed by atoms with Crippen LogP contribution in [0.2, 0.25) is 5.02 Å². The first kappa shape index (κ1) is 25.5. The van der Waals surface area contributed by atoms with Gasteiger partial charge < -0.3 is 9.47 Å². The SMILES string of the molecule is COc1cc(/C=C2\SC(=O)N(Cc3ccc(F)cc3Cl)C2=O)cc(I)c1OCc1ccc(C)cc1. The highest BCUT2D eigenvalue weighted by Gasteiger charge is 2.35. The lowest BCUT2D eigenvalue weighted by molar-refractivity contribution is -0.123. The Balaban J connectivity index is 1.53. The zero-order valence-corrected chi connectivity index (χ0v) is 22.5. The van der Waals surface area contributed by atoms with Gasteiger partial charge in [0.05, 0.1) is 22.1 Å². The van der Waals surface area contributed by atoms with Gasteiger partial charge in [-0.05, 0) is 88.3 Å². The van der Waals surface area contributed by atoms with Gasteiger partial charge in [-0.15, -0.1) is 0 Å². The molecule has 0 bridgehead atoms. The Labute approximate surface area is 225 Å². The first-order valence-corrected chi connectivity index (χ1v) is 12.8. The molecule has 0 aliphatic carbocycles. The number of hydrogen-bond donors (Lipinski definition) is 0. The van der Waals surface area contributed by atoms with E-state index < -0.39 is 17.0 Å². The Hall–Kier alpha value is -2.56. The molecule has 0 atom stereocenters. The molecule has 2 amide bonds. The van der Waals surface area contributed by atoms with Crippen molar-refractivity contribution in [2.75, 3.05) is 7.11 Å². The third kappa shape index (κ3) is 5.99. The van der Waals surface area contributed by atoms with E-state index in [2.05, 4.69) is 22.6 Å². The minimum Gasteiger partial charge on any atom is -0.493 e. The number of halogens is 3. The number of methoxy groups -OCH3 is 1. The van der Waals surface area contributed by atoms with Crippen LogP contribution >= 0.6 is 46.0 Å². The summed E-state index contributed by atoms with van der Waals surface area (Å²) in [6.45, 7) is 2.38. The van der Waals surface area contributed by atoms with Crippen LogP contribution in [0, 0.1) is 16.3 Å². The molecule has 35 heavy (non-hydrogen) atoms. The van der Waals surface area contributed by atoms with Crippen molar-refractivity contribution < 1.29 is 23.5 Å². The molecule has 3 aromatic rings. The van der Waals surface area contributed by atoms with E-state index in [1.54, 1.807) is 19.3 Å². The van der Waals surface area contributed by atoms with Crippen LogP contribution < -0.4 is 9.47 Å². The van der Waals surface area contributed by atoms with Crippen LogP contribution in [-0.4, -0.2) is 23.2 Å². The van der Waals surface area contributed by atoms with Crippen LogP contribution in [0.3, 0.4) is 0 Å². The average molecular weight is 624 g/mol. The molecule has 0 radical (unpaired) electrons. The van der Waals surface area contributed by atoms with Gasteiger partial charge in [-0.3, -0.25) is 14.5 Å². The Morgan fingerprint density at radius 2 is 1.86 bits per heavy atom. The van der Waals surface area contributed by atoms with Gasteiger partial charge in [-0.2, -0.15) is 0 Å². The molecular weight excluding hydrogens is 604 g/mol. The van der Waals surface area contributed by atoms with E-state index in [1.807, 2.05) is 37.3 Å². The molecule has 0 saturated carbocycles. The summed E-state index contributed by atoms with van der Waals surface area (Å²) in [5, 5.41) is -0.255. The fraction of sp³-hybridized carbons (Fsp3) is 0.154. The molecule has 0 spiro atoms. The van der Waals surface area contributed by atoms with Crippen molar-refractivity contribution >= 4 is 63.2 Å². The molecule has 1 fully saturated rings. The number of carbonyl (C=O) groups is 2. The first-order valence-electron chi connectivity index (χ1n) is 10.5. The number of rotatable bonds is 7. The fourth-order valence-corrected chi connectivity index (χ4v) is 5.26. The van der Waals surface area contributed by atoms with Crippen molar-refractivity contribution in [1.82, 2.24) is 4.90 Å². The maximum Gasteiger partial charge on any atom is 0.293 e. The number of aryl methyl sites for hydroxylation is 1. The molecule has 1 saturated heterocycles. The molecule has 180 valence electrons. The van der Waals surface area contributed by atoms with Crippen molar-refractivity contribution in [3.8, 4) is 11.5 Å². The predicted octanol–water partition coefficient (Wildman–Crippen LogP) is 7.22. The van der Waals surface area contributed by atoms with Crippen molar-refractivity contribution in [1.29, 1.82) is 0 Å². The van der Waals surface area contributed by atoms with Crippen LogP contribution in [0.1, 0.15) is 22.3 Å². The van der Waals surface area contributed by atoms with Gasteiger partial charge in [0, 0.05) is 5.02 Å². The first-order chi connectivity index (χ1) is 16.7. The van der Waals surface area contributed by atoms with E-state index in [4.69, 9.17) is 21.1 Å². The van der Waals surface area contributed by atoms with Gasteiger partial charge >= 0.3 is 0 Å². The number of nitrogens with zero attached hydrogens (tertiary/aromatic N) is 1. The highest BCUT2D eigenvalue weighted by atomic mass is 127. The molecule has 3 aromatic carbocycles. The summed E-state index contributed by atoms with van der Waals surface area (Å²) in [7, 11) is 1.55. The predicted molar refractivity (Wildman–Crippen MR) is 144 cm³/mol. The molecular formula is C26H20ClFINO4S. The van der Waals surface area contributed by atoms with Crippen molar-refractivity contribution in [2.24, 2.45) is 0 Å². The summed E-state index contributed by atoms with van der Waals surface area (Å²) in [5.74, 6) is 0.203. The van der Waals surface area contributed by atoms with Crippen LogP contribution in [-0.2, 0) is 17.9 Å².